The van der Waals surface area contributed by atoms with E-state index in [0.717, 1.165) is 11.8 Å². The van der Waals surface area contributed by atoms with Gasteiger partial charge in [-0.25, -0.2) is 0 Å². The van der Waals surface area contributed by atoms with Crippen molar-refractivity contribution >= 4 is 17.7 Å². The first kappa shape index (κ1) is 12.6. The summed E-state index contributed by atoms with van der Waals surface area (Å²) in [6.07, 6.45) is 0. The molecule has 0 fully saturated rings. The Balaban J connectivity index is 2.90. The van der Waals surface area contributed by atoms with Crippen LogP contribution in [0.5, 0.6) is 11.8 Å². The summed E-state index contributed by atoms with van der Waals surface area (Å²) in [6, 6.07) is 1.52. The molecule has 0 radical (unpaired) electrons. The number of carboxylic acids is 1. The van der Waals surface area contributed by atoms with Crippen LogP contribution in [0.2, 0.25) is 0 Å². The molecule has 1 aromatic heterocycles. The van der Waals surface area contributed by atoms with Gasteiger partial charge in [0.05, 0.1) is 20.3 Å². The van der Waals surface area contributed by atoms with E-state index in [-0.39, 0.29) is 0 Å². The molecule has 0 aromatic carbocycles. The van der Waals surface area contributed by atoms with Crippen LogP contribution in [0.1, 0.15) is 6.92 Å². The quantitative estimate of drug-likeness (QED) is 0.612. The predicted octanol–water partition coefficient (Wildman–Crippen LogP) is 1.06. The van der Waals surface area contributed by atoms with Crippen LogP contribution < -0.4 is 9.47 Å². The summed E-state index contributed by atoms with van der Waals surface area (Å²) in [5, 5.41) is 8.44. The molecule has 1 N–H and O–H groups in total. The number of ether oxygens (including phenoxy) is 2. The number of hydrogen-bond donors (Lipinski definition) is 1. The second-order valence-electron chi connectivity index (χ2n) is 2.83. The summed E-state index contributed by atoms with van der Waals surface area (Å²) in [6.45, 7) is 1.56. The van der Waals surface area contributed by atoms with Crippen molar-refractivity contribution in [3.05, 3.63) is 6.07 Å². The summed E-state index contributed by atoms with van der Waals surface area (Å²) in [5.41, 5.74) is 0. The molecular weight excluding hydrogens is 232 g/mol. The SMILES string of the molecule is COc1cc(OC)nc(SC(C)C(=O)O)n1. The van der Waals surface area contributed by atoms with E-state index in [4.69, 9.17) is 14.6 Å². The van der Waals surface area contributed by atoms with E-state index in [1.807, 2.05) is 0 Å². The van der Waals surface area contributed by atoms with Gasteiger partial charge in [-0.2, -0.15) is 9.97 Å². The zero-order valence-corrected chi connectivity index (χ0v) is 9.95. The number of aliphatic carboxylic acids is 1. The molecule has 0 spiro atoms. The van der Waals surface area contributed by atoms with Gasteiger partial charge < -0.3 is 14.6 Å². The Morgan fingerprint density at radius 2 is 1.88 bits per heavy atom. The number of rotatable bonds is 5. The Hall–Kier alpha value is -1.50. The van der Waals surface area contributed by atoms with Gasteiger partial charge >= 0.3 is 5.97 Å². The zero-order chi connectivity index (χ0) is 12.1. The molecule has 1 aromatic rings. The largest absolute Gasteiger partial charge is 0.481 e. The molecule has 0 bridgehead atoms. The lowest BCUT2D eigenvalue weighted by Gasteiger charge is -2.07. The van der Waals surface area contributed by atoms with Crippen molar-refractivity contribution in [1.29, 1.82) is 0 Å². The molecule has 88 valence electrons. The number of aromatic nitrogens is 2. The van der Waals surface area contributed by atoms with E-state index < -0.39 is 11.2 Å². The number of methoxy groups -OCH3 is 2. The minimum Gasteiger partial charge on any atom is -0.481 e. The average Bonchev–Trinajstić information content (AvgIpc) is 2.28. The third kappa shape index (κ3) is 3.27. The summed E-state index contributed by atoms with van der Waals surface area (Å²) >= 11 is 1.03. The second kappa shape index (κ2) is 5.55. The van der Waals surface area contributed by atoms with Gasteiger partial charge in [0.15, 0.2) is 5.16 Å². The van der Waals surface area contributed by atoms with Gasteiger partial charge in [-0.05, 0) is 6.92 Å². The number of carbonyl (C=O) groups is 1. The van der Waals surface area contributed by atoms with Crippen LogP contribution in [0.3, 0.4) is 0 Å². The number of thioether (sulfide) groups is 1. The predicted molar refractivity (Wildman–Crippen MR) is 58.1 cm³/mol. The standard InChI is InChI=1S/C9H12N2O4S/c1-5(8(12)13)16-9-10-6(14-2)4-7(11-9)15-3/h4-5H,1-3H3,(H,12,13). The van der Waals surface area contributed by atoms with Crippen LogP contribution in [0.25, 0.3) is 0 Å². The van der Waals surface area contributed by atoms with E-state index in [0.29, 0.717) is 16.9 Å². The number of carboxylic acid groups (broad SMARTS) is 1. The molecule has 0 amide bonds. The van der Waals surface area contributed by atoms with Gasteiger partial charge in [0.25, 0.3) is 0 Å². The lowest BCUT2D eigenvalue weighted by Crippen LogP contribution is -2.12. The van der Waals surface area contributed by atoms with Crippen LogP contribution >= 0.6 is 11.8 Å². The normalized spacial score (nSPS) is 11.9. The fourth-order valence-electron chi connectivity index (χ4n) is 0.854. The van der Waals surface area contributed by atoms with Gasteiger partial charge in [0, 0.05) is 0 Å². The smallest absolute Gasteiger partial charge is 0.316 e. The van der Waals surface area contributed by atoms with Crippen LogP contribution in [-0.2, 0) is 4.79 Å². The topological polar surface area (TPSA) is 81.5 Å². The molecule has 1 rings (SSSR count). The van der Waals surface area contributed by atoms with Crippen LogP contribution in [0, 0.1) is 0 Å². The first-order chi connectivity index (χ1) is 7.56. The van der Waals surface area contributed by atoms with Crippen molar-refractivity contribution in [1.82, 2.24) is 9.97 Å². The fourth-order valence-corrected chi connectivity index (χ4v) is 1.56. The van der Waals surface area contributed by atoms with Gasteiger partial charge in [-0.3, -0.25) is 4.79 Å². The third-order valence-electron chi connectivity index (χ3n) is 1.71. The number of nitrogens with zero attached hydrogens (tertiary/aromatic N) is 2. The minimum atomic E-state index is -0.921. The highest BCUT2D eigenvalue weighted by Gasteiger charge is 2.15. The molecule has 1 unspecified atom stereocenters. The van der Waals surface area contributed by atoms with Crippen molar-refractivity contribution in [2.45, 2.75) is 17.3 Å². The summed E-state index contributed by atoms with van der Waals surface area (Å²) in [7, 11) is 2.94. The van der Waals surface area contributed by atoms with E-state index in [1.165, 1.54) is 20.3 Å². The van der Waals surface area contributed by atoms with Crippen LogP contribution in [-0.4, -0.2) is 40.5 Å². The highest BCUT2D eigenvalue weighted by molar-refractivity contribution is 8.00. The lowest BCUT2D eigenvalue weighted by atomic mass is 10.5. The van der Waals surface area contributed by atoms with Crippen LogP contribution in [0.15, 0.2) is 11.2 Å². The summed E-state index contributed by atoms with van der Waals surface area (Å²) in [4.78, 5) is 18.7. The maximum Gasteiger partial charge on any atom is 0.316 e. The monoisotopic (exact) mass is 244 g/mol. The fraction of sp³-hybridized carbons (Fsp3) is 0.444. The van der Waals surface area contributed by atoms with E-state index >= 15 is 0 Å². The van der Waals surface area contributed by atoms with E-state index in [2.05, 4.69) is 9.97 Å². The van der Waals surface area contributed by atoms with E-state index in [9.17, 15) is 4.79 Å². The average molecular weight is 244 g/mol. The third-order valence-corrected chi connectivity index (χ3v) is 2.66. The van der Waals surface area contributed by atoms with Crippen molar-refractivity contribution in [3.63, 3.8) is 0 Å². The Morgan fingerprint density at radius 3 is 2.25 bits per heavy atom. The minimum absolute atomic E-state index is 0.311. The van der Waals surface area contributed by atoms with Crippen molar-refractivity contribution < 1.29 is 19.4 Å². The van der Waals surface area contributed by atoms with Gasteiger partial charge in [-0.1, -0.05) is 11.8 Å². The highest BCUT2D eigenvalue weighted by atomic mass is 32.2. The molecule has 0 saturated heterocycles. The maximum atomic E-state index is 10.7. The molecule has 0 saturated carbocycles. The first-order valence-electron chi connectivity index (χ1n) is 4.43. The lowest BCUT2D eigenvalue weighted by molar-refractivity contribution is -0.136. The first-order valence-corrected chi connectivity index (χ1v) is 5.31. The Kier molecular flexibility index (Phi) is 4.36. The maximum absolute atomic E-state index is 10.7. The Labute approximate surface area is 97.0 Å². The molecule has 6 nitrogen and oxygen atoms in total. The van der Waals surface area contributed by atoms with Gasteiger partial charge in [0.1, 0.15) is 5.25 Å². The summed E-state index contributed by atoms with van der Waals surface area (Å²) in [5.74, 6) is -0.241. The molecule has 0 aliphatic heterocycles. The zero-order valence-electron chi connectivity index (χ0n) is 9.13. The molecule has 1 heterocycles. The number of hydrogen-bond acceptors (Lipinski definition) is 6. The molecule has 0 aliphatic rings. The molecule has 1 atom stereocenters. The molecule has 0 aliphatic carbocycles. The van der Waals surface area contributed by atoms with E-state index in [1.54, 1.807) is 6.92 Å². The van der Waals surface area contributed by atoms with Crippen LogP contribution in [0.4, 0.5) is 0 Å². The van der Waals surface area contributed by atoms with Crippen molar-refractivity contribution in [3.8, 4) is 11.8 Å². The molecule has 16 heavy (non-hydrogen) atoms. The summed E-state index contributed by atoms with van der Waals surface area (Å²) < 4.78 is 9.90. The Morgan fingerprint density at radius 1 is 1.38 bits per heavy atom. The van der Waals surface area contributed by atoms with Gasteiger partial charge in [-0.15, -0.1) is 0 Å². The highest BCUT2D eigenvalue weighted by Crippen LogP contribution is 2.24. The Bertz CT molecular complexity index is 364. The molecule has 7 heteroatoms. The van der Waals surface area contributed by atoms with Crippen molar-refractivity contribution in [2.24, 2.45) is 0 Å². The molecular formula is C9H12N2O4S. The van der Waals surface area contributed by atoms with Crippen molar-refractivity contribution in [2.75, 3.05) is 14.2 Å². The second-order valence-corrected chi connectivity index (χ2v) is 4.14. The van der Waals surface area contributed by atoms with Gasteiger partial charge in [0.2, 0.25) is 11.8 Å².